The van der Waals surface area contributed by atoms with Crippen molar-refractivity contribution in [2.24, 2.45) is 0 Å². The van der Waals surface area contributed by atoms with Gasteiger partial charge in [-0.15, -0.1) is 0 Å². The molecule has 0 atom stereocenters. The first kappa shape index (κ1) is 23.0. The van der Waals surface area contributed by atoms with Gasteiger partial charge in [0.15, 0.2) is 5.82 Å². The third kappa shape index (κ3) is 4.73. The van der Waals surface area contributed by atoms with E-state index in [9.17, 15) is 0 Å². The molecular weight excluding hydrogens is 480 g/mol. The van der Waals surface area contributed by atoms with Gasteiger partial charge in [-0.1, -0.05) is 72.3 Å². The fourth-order valence-corrected chi connectivity index (χ4v) is 4.40. The highest BCUT2D eigenvalue weighted by atomic mass is 35.5. The summed E-state index contributed by atoms with van der Waals surface area (Å²) in [5.41, 5.74) is 6.18. The van der Waals surface area contributed by atoms with Gasteiger partial charge in [-0.25, -0.2) is 9.77 Å². The van der Waals surface area contributed by atoms with Crippen molar-refractivity contribution in [3.63, 3.8) is 0 Å². The van der Waals surface area contributed by atoms with Crippen LogP contribution >= 0.6 is 23.8 Å². The van der Waals surface area contributed by atoms with Crippen LogP contribution in [0.25, 0.3) is 22.2 Å². The molecule has 4 aromatic carbocycles. The molecule has 0 radical (unpaired) electrons. The Kier molecular flexibility index (Phi) is 6.70. The molecule has 0 saturated carbocycles. The number of nitrogens with zero attached hydrogens (tertiary/aromatic N) is 2. The molecule has 35 heavy (non-hydrogen) atoms. The van der Waals surface area contributed by atoms with Crippen molar-refractivity contribution in [2.45, 2.75) is 13.2 Å². The number of ether oxygens (including phenoxy) is 2. The van der Waals surface area contributed by atoms with E-state index >= 15 is 0 Å². The molecule has 5 aromatic rings. The van der Waals surface area contributed by atoms with Crippen molar-refractivity contribution in [3.8, 4) is 22.9 Å². The summed E-state index contributed by atoms with van der Waals surface area (Å²) >= 11 is 11.9. The molecule has 0 aliphatic carbocycles. The van der Waals surface area contributed by atoms with Crippen molar-refractivity contribution in [1.82, 2.24) is 14.9 Å². The monoisotopic (exact) mass is 502 g/mol. The number of H-pyrrole nitrogens is 1. The minimum atomic E-state index is 0.364. The summed E-state index contributed by atoms with van der Waals surface area (Å²) in [4.78, 5) is 0. The topological polar surface area (TPSA) is 64.1 Å². The summed E-state index contributed by atoms with van der Waals surface area (Å²) in [7, 11) is 1.64. The van der Waals surface area contributed by atoms with E-state index in [1.165, 1.54) is 0 Å². The number of nitrogens with one attached hydrogen (secondary N) is 2. The fourth-order valence-electron chi connectivity index (χ4n) is 4.02. The number of rotatable bonds is 8. The summed E-state index contributed by atoms with van der Waals surface area (Å²) in [5, 5.41) is 10.2. The average molecular weight is 503 g/mol. The highest BCUT2D eigenvalue weighted by Gasteiger charge is 2.15. The van der Waals surface area contributed by atoms with Gasteiger partial charge in [0, 0.05) is 16.1 Å². The number of fused-ring (bicyclic) bond motifs is 1. The first-order valence-corrected chi connectivity index (χ1v) is 11.9. The third-order valence-corrected chi connectivity index (χ3v) is 6.42. The minimum absolute atomic E-state index is 0.364. The molecule has 0 saturated heterocycles. The summed E-state index contributed by atoms with van der Waals surface area (Å²) < 4.78 is 14.0. The Bertz CT molecular complexity index is 1550. The second kappa shape index (κ2) is 10.2. The van der Waals surface area contributed by atoms with Gasteiger partial charge in [-0.3, -0.25) is 0 Å². The lowest BCUT2D eigenvalue weighted by atomic mass is 10.0. The smallest absolute Gasteiger partial charge is 0.214 e. The lowest BCUT2D eigenvalue weighted by molar-refractivity contribution is 0.303. The molecule has 1 aromatic heterocycles. The Hall–Kier alpha value is -3.81. The highest BCUT2D eigenvalue weighted by molar-refractivity contribution is 7.71. The van der Waals surface area contributed by atoms with Crippen molar-refractivity contribution in [1.29, 1.82) is 0 Å². The van der Waals surface area contributed by atoms with Crippen LogP contribution in [0.15, 0.2) is 84.9 Å². The molecule has 1 heterocycles. The maximum atomic E-state index is 6.34. The first-order valence-electron chi connectivity index (χ1n) is 11.1. The van der Waals surface area contributed by atoms with Crippen LogP contribution < -0.4 is 14.9 Å². The van der Waals surface area contributed by atoms with Gasteiger partial charge in [-0.05, 0) is 47.3 Å². The van der Waals surface area contributed by atoms with E-state index in [0.717, 1.165) is 33.2 Å². The number of hydrogen-bond donors (Lipinski definition) is 2. The van der Waals surface area contributed by atoms with Crippen LogP contribution in [-0.4, -0.2) is 22.0 Å². The van der Waals surface area contributed by atoms with Crippen LogP contribution in [0, 0.1) is 4.77 Å². The predicted octanol–water partition coefficient (Wildman–Crippen LogP) is 6.75. The lowest BCUT2D eigenvalue weighted by Crippen LogP contribution is -2.17. The summed E-state index contributed by atoms with van der Waals surface area (Å²) in [6, 6.07) is 27.6. The van der Waals surface area contributed by atoms with Crippen molar-refractivity contribution in [2.75, 3.05) is 12.5 Å². The maximum absolute atomic E-state index is 6.34. The van der Waals surface area contributed by atoms with Gasteiger partial charge in [0.05, 0.1) is 19.2 Å². The number of aromatic nitrogens is 3. The zero-order valence-corrected chi connectivity index (χ0v) is 20.6. The van der Waals surface area contributed by atoms with Crippen LogP contribution in [0.2, 0.25) is 5.02 Å². The average Bonchev–Trinajstić information content (AvgIpc) is 3.26. The Balaban J connectivity index is 1.49. The molecule has 6 nitrogen and oxygen atoms in total. The van der Waals surface area contributed by atoms with E-state index in [2.05, 4.69) is 33.8 Å². The van der Waals surface area contributed by atoms with E-state index in [4.69, 9.17) is 33.3 Å². The van der Waals surface area contributed by atoms with E-state index in [1.54, 1.807) is 11.8 Å². The normalized spacial score (nSPS) is 10.9. The molecule has 0 unspecified atom stereocenters. The second-order valence-electron chi connectivity index (χ2n) is 7.87. The van der Waals surface area contributed by atoms with Gasteiger partial charge >= 0.3 is 0 Å². The van der Waals surface area contributed by atoms with Crippen molar-refractivity contribution < 1.29 is 9.47 Å². The van der Waals surface area contributed by atoms with Crippen LogP contribution in [0.1, 0.15) is 11.1 Å². The number of methoxy groups -OCH3 is 1. The van der Waals surface area contributed by atoms with Gasteiger partial charge in [0.1, 0.15) is 18.1 Å². The van der Waals surface area contributed by atoms with Gasteiger partial charge < -0.3 is 14.9 Å². The number of benzene rings is 4. The quantitative estimate of drug-likeness (QED) is 0.230. The molecular formula is C27H23ClN4O2S. The van der Waals surface area contributed by atoms with Gasteiger partial charge in [-0.2, -0.15) is 5.10 Å². The third-order valence-electron chi connectivity index (χ3n) is 5.77. The molecule has 2 N–H and O–H groups in total. The van der Waals surface area contributed by atoms with Crippen molar-refractivity contribution >= 4 is 34.6 Å². The Morgan fingerprint density at radius 3 is 2.57 bits per heavy atom. The predicted molar refractivity (Wildman–Crippen MR) is 142 cm³/mol. The number of hydrogen-bond acceptors (Lipinski definition) is 5. The van der Waals surface area contributed by atoms with Gasteiger partial charge in [0.25, 0.3) is 0 Å². The van der Waals surface area contributed by atoms with Crippen LogP contribution in [0.4, 0.5) is 0 Å². The zero-order chi connectivity index (χ0) is 24.2. The standard InChI is InChI=1S/C27H23ClN4O2S/c1-33-24-13-7-5-11-21(24)26-30-31-27(35)32(26)29-16-22-20-10-4-2-8-18(20)14-15-25(22)34-17-19-9-3-6-12-23(19)28/h2-15,29H,16-17H2,1H3,(H,31,35). The molecule has 8 heteroatoms. The Morgan fingerprint density at radius 2 is 1.71 bits per heavy atom. The summed E-state index contributed by atoms with van der Waals surface area (Å²) in [6.07, 6.45) is 0. The summed E-state index contributed by atoms with van der Waals surface area (Å²) in [6.45, 7) is 0.817. The molecule has 0 amide bonds. The molecule has 0 spiro atoms. The van der Waals surface area contributed by atoms with Crippen LogP contribution in [0.3, 0.4) is 0 Å². The van der Waals surface area contributed by atoms with E-state index in [0.29, 0.717) is 34.5 Å². The van der Waals surface area contributed by atoms with Crippen molar-refractivity contribution in [3.05, 3.63) is 106 Å². The van der Waals surface area contributed by atoms with E-state index < -0.39 is 0 Å². The zero-order valence-electron chi connectivity index (χ0n) is 19.0. The molecule has 0 fully saturated rings. The fraction of sp³-hybridized carbons (Fsp3) is 0.111. The molecule has 0 aliphatic rings. The van der Waals surface area contributed by atoms with Crippen LogP contribution in [0.5, 0.6) is 11.5 Å². The molecule has 0 bridgehead atoms. The Morgan fingerprint density at radius 1 is 0.943 bits per heavy atom. The second-order valence-corrected chi connectivity index (χ2v) is 8.66. The lowest BCUT2D eigenvalue weighted by Gasteiger charge is -2.17. The number of halogens is 1. The maximum Gasteiger partial charge on any atom is 0.214 e. The number of aromatic amines is 1. The summed E-state index contributed by atoms with van der Waals surface area (Å²) in [5.74, 6) is 2.11. The largest absolute Gasteiger partial charge is 0.496 e. The SMILES string of the molecule is COc1ccccc1-c1n[nH]c(=S)n1NCc1c(OCc2ccccc2Cl)ccc2ccccc12. The minimum Gasteiger partial charge on any atom is -0.496 e. The molecule has 0 aliphatic heterocycles. The Labute approximate surface area is 213 Å². The first-order chi connectivity index (χ1) is 17.2. The van der Waals surface area contributed by atoms with Gasteiger partial charge in [0.2, 0.25) is 4.77 Å². The van der Waals surface area contributed by atoms with E-state index in [-0.39, 0.29) is 0 Å². The highest BCUT2D eigenvalue weighted by Crippen LogP contribution is 2.31. The molecule has 176 valence electrons. The van der Waals surface area contributed by atoms with Crippen LogP contribution in [-0.2, 0) is 13.2 Å². The molecule has 5 rings (SSSR count). The van der Waals surface area contributed by atoms with E-state index in [1.807, 2.05) is 66.7 Å². The number of para-hydroxylation sites is 1.